The standard InChI is InChI=1S/C20H27N5O.ClH/c26-20(17-8-4-5-12-21-17)24-13-11-19-23-22-18(25(19)15-14-24)10-9-16-6-2-1-3-7-16;/h1-3,6-7,17,21H,4-5,8-15H2;1H/t17-;/m0./s1. The van der Waals surface area contributed by atoms with Crippen LogP contribution in [0.3, 0.4) is 0 Å². The molecule has 2 aromatic rings. The van der Waals surface area contributed by atoms with Gasteiger partial charge in [-0.1, -0.05) is 36.8 Å². The van der Waals surface area contributed by atoms with Crippen molar-refractivity contribution in [1.29, 1.82) is 0 Å². The molecule has 1 aromatic carbocycles. The predicted octanol–water partition coefficient (Wildman–Crippen LogP) is 2.01. The highest BCUT2D eigenvalue weighted by atomic mass is 35.5. The van der Waals surface area contributed by atoms with Gasteiger partial charge in [0.25, 0.3) is 0 Å². The Morgan fingerprint density at radius 1 is 1.07 bits per heavy atom. The Bertz CT molecular complexity index is 742. The van der Waals surface area contributed by atoms with E-state index in [4.69, 9.17) is 0 Å². The first-order chi connectivity index (χ1) is 12.8. The summed E-state index contributed by atoms with van der Waals surface area (Å²) in [5.41, 5.74) is 1.32. The Morgan fingerprint density at radius 2 is 1.93 bits per heavy atom. The van der Waals surface area contributed by atoms with Gasteiger partial charge in [-0.15, -0.1) is 22.6 Å². The van der Waals surface area contributed by atoms with Crippen LogP contribution >= 0.6 is 12.4 Å². The molecular weight excluding hydrogens is 362 g/mol. The first kappa shape index (κ1) is 19.8. The number of aromatic nitrogens is 3. The molecule has 0 unspecified atom stereocenters. The molecular formula is C20H28ClN5O. The third-order valence-electron chi connectivity index (χ3n) is 5.50. The Labute approximate surface area is 166 Å². The van der Waals surface area contributed by atoms with Crippen molar-refractivity contribution in [2.24, 2.45) is 0 Å². The lowest BCUT2D eigenvalue weighted by atomic mass is 10.0. The summed E-state index contributed by atoms with van der Waals surface area (Å²) >= 11 is 0. The smallest absolute Gasteiger partial charge is 0.239 e. The SMILES string of the molecule is Cl.O=C([C@@H]1CCCCN1)N1CCc2nnc(CCc3ccccc3)n2CC1. The van der Waals surface area contributed by atoms with Gasteiger partial charge in [0.15, 0.2) is 0 Å². The van der Waals surface area contributed by atoms with Gasteiger partial charge in [0, 0.05) is 32.5 Å². The normalized spacial score (nSPS) is 19.7. The van der Waals surface area contributed by atoms with Crippen molar-refractivity contribution in [2.75, 3.05) is 19.6 Å². The first-order valence-corrected chi connectivity index (χ1v) is 9.78. The number of hydrogen-bond acceptors (Lipinski definition) is 4. The summed E-state index contributed by atoms with van der Waals surface area (Å²) in [6, 6.07) is 10.5. The van der Waals surface area contributed by atoms with Gasteiger partial charge in [-0.2, -0.15) is 0 Å². The van der Waals surface area contributed by atoms with E-state index in [1.807, 2.05) is 11.0 Å². The minimum atomic E-state index is 0. The number of amides is 1. The van der Waals surface area contributed by atoms with Crippen molar-refractivity contribution < 1.29 is 4.79 Å². The molecule has 0 bridgehead atoms. The third kappa shape index (κ3) is 4.68. The number of benzene rings is 1. The van der Waals surface area contributed by atoms with Crippen LogP contribution in [0.4, 0.5) is 0 Å². The van der Waals surface area contributed by atoms with E-state index in [0.29, 0.717) is 0 Å². The number of aryl methyl sites for hydroxylation is 2. The molecule has 1 saturated heterocycles. The maximum absolute atomic E-state index is 12.8. The molecule has 6 nitrogen and oxygen atoms in total. The van der Waals surface area contributed by atoms with Crippen LogP contribution in [0.25, 0.3) is 0 Å². The molecule has 27 heavy (non-hydrogen) atoms. The fraction of sp³-hybridized carbons (Fsp3) is 0.550. The van der Waals surface area contributed by atoms with Crippen LogP contribution in [0, 0.1) is 0 Å². The van der Waals surface area contributed by atoms with E-state index >= 15 is 0 Å². The van der Waals surface area contributed by atoms with Crippen LogP contribution in [0.1, 0.15) is 36.5 Å². The lowest BCUT2D eigenvalue weighted by Crippen LogP contribution is -2.49. The van der Waals surface area contributed by atoms with E-state index in [-0.39, 0.29) is 24.4 Å². The summed E-state index contributed by atoms with van der Waals surface area (Å²) in [7, 11) is 0. The third-order valence-corrected chi connectivity index (χ3v) is 5.50. The number of rotatable bonds is 4. The van der Waals surface area contributed by atoms with Gasteiger partial charge < -0.3 is 14.8 Å². The van der Waals surface area contributed by atoms with Crippen molar-refractivity contribution in [1.82, 2.24) is 25.0 Å². The molecule has 0 aliphatic carbocycles. The molecule has 2 aliphatic rings. The molecule has 146 valence electrons. The largest absolute Gasteiger partial charge is 0.339 e. The molecule has 1 amide bonds. The Morgan fingerprint density at radius 3 is 2.70 bits per heavy atom. The number of fused-ring (bicyclic) bond motifs is 1. The fourth-order valence-electron chi connectivity index (χ4n) is 3.97. The zero-order valence-corrected chi connectivity index (χ0v) is 16.5. The van der Waals surface area contributed by atoms with Gasteiger partial charge in [-0.05, 0) is 31.4 Å². The van der Waals surface area contributed by atoms with E-state index in [0.717, 1.165) is 69.9 Å². The molecule has 0 spiro atoms. The molecule has 1 atom stereocenters. The Balaban J connectivity index is 0.00000210. The number of carbonyl (C=O) groups excluding carboxylic acids is 1. The van der Waals surface area contributed by atoms with Crippen LogP contribution in [0.15, 0.2) is 30.3 Å². The van der Waals surface area contributed by atoms with Crippen LogP contribution in [0.5, 0.6) is 0 Å². The van der Waals surface area contributed by atoms with Crippen molar-refractivity contribution in [3.05, 3.63) is 47.5 Å². The molecule has 1 N–H and O–H groups in total. The molecule has 0 radical (unpaired) electrons. The highest BCUT2D eigenvalue weighted by Crippen LogP contribution is 2.15. The second kappa shape index (κ2) is 9.33. The second-order valence-corrected chi connectivity index (χ2v) is 7.25. The lowest BCUT2D eigenvalue weighted by molar-refractivity contribution is -0.134. The summed E-state index contributed by atoms with van der Waals surface area (Å²) in [4.78, 5) is 14.8. The molecule has 1 aromatic heterocycles. The van der Waals surface area contributed by atoms with Crippen molar-refractivity contribution in [2.45, 2.75) is 51.1 Å². The maximum Gasteiger partial charge on any atom is 0.239 e. The molecule has 2 aliphatic heterocycles. The number of hydrogen-bond donors (Lipinski definition) is 1. The summed E-state index contributed by atoms with van der Waals surface area (Å²) in [6.07, 6.45) is 5.92. The van der Waals surface area contributed by atoms with E-state index < -0.39 is 0 Å². The van der Waals surface area contributed by atoms with E-state index in [2.05, 4.69) is 44.3 Å². The minimum absolute atomic E-state index is 0. The average Bonchev–Trinajstić information content (AvgIpc) is 2.96. The fourth-order valence-corrected chi connectivity index (χ4v) is 3.97. The minimum Gasteiger partial charge on any atom is -0.339 e. The van der Waals surface area contributed by atoms with Crippen LogP contribution in [-0.2, 0) is 30.6 Å². The zero-order chi connectivity index (χ0) is 17.8. The predicted molar refractivity (Wildman–Crippen MR) is 107 cm³/mol. The van der Waals surface area contributed by atoms with Gasteiger partial charge in [0.05, 0.1) is 6.04 Å². The highest BCUT2D eigenvalue weighted by molar-refractivity contribution is 5.85. The van der Waals surface area contributed by atoms with Crippen LogP contribution in [-0.4, -0.2) is 51.2 Å². The summed E-state index contributed by atoms with van der Waals surface area (Å²) in [5, 5.41) is 12.2. The number of piperidine rings is 1. The van der Waals surface area contributed by atoms with E-state index in [1.54, 1.807) is 0 Å². The lowest BCUT2D eigenvalue weighted by Gasteiger charge is -2.29. The first-order valence-electron chi connectivity index (χ1n) is 9.78. The van der Waals surface area contributed by atoms with Gasteiger partial charge in [0.2, 0.25) is 5.91 Å². The summed E-state index contributed by atoms with van der Waals surface area (Å²) in [5.74, 6) is 2.31. The van der Waals surface area contributed by atoms with E-state index in [9.17, 15) is 4.79 Å². The van der Waals surface area contributed by atoms with Crippen molar-refractivity contribution >= 4 is 18.3 Å². The molecule has 1 fully saturated rings. The van der Waals surface area contributed by atoms with Crippen LogP contribution in [0.2, 0.25) is 0 Å². The number of halogens is 1. The van der Waals surface area contributed by atoms with Gasteiger partial charge in [-0.3, -0.25) is 4.79 Å². The van der Waals surface area contributed by atoms with Gasteiger partial charge in [-0.25, -0.2) is 0 Å². The quantitative estimate of drug-likeness (QED) is 0.868. The molecule has 4 rings (SSSR count). The van der Waals surface area contributed by atoms with Crippen molar-refractivity contribution in [3.63, 3.8) is 0 Å². The highest BCUT2D eigenvalue weighted by Gasteiger charge is 2.28. The molecule has 3 heterocycles. The second-order valence-electron chi connectivity index (χ2n) is 7.25. The van der Waals surface area contributed by atoms with E-state index in [1.165, 1.54) is 12.0 Å². The van der Waals surface area contributed by atoms with Gasteiger partial charge in [0.1, 0.15) is 11.6 Å². The topological polar surface area (TPSA) is 63.1 Å². The Hall–Kier alpha value is -1.92. The van der Waals surface area contributed by atoms with Gasteiger partial charge >= 0.3 is 0 Å². The van der Waals surface area contributed by atoms with Crippen LogP contribution < -0.4 is 5.32 Å². The Kier molecular flexibility index (Phi) is 6.85. The summed E-state index contributed by atoms with van der Waals surface area (Å²) < 4.78 is 2.23. The maximum atomic E-state index is 12.8. The number of carbonyl (C=O) groups is 1. The average molecular weight is 390 g/mol. The van der Waals surface area contributed by atoms with Crippen molar-refractivity contribution in [3.8, 4) is 0 Å². The summed E-state index contributed by atoms with van der Waals surface area (Å²) in [6.45, 7) is 3.25. The monoisotopic (exact) mass is 389 g/mol. The molecule has 7 heteroatoms. The number of nitrogens with one attached hydrogen (secondary N) is 1. The number of nitrogens with zero attached hydrogens (tertiary/aromatic N) is 4. The zero-order valence-electron chi connectivity index (χ0n) is 15.6. The molecule has 0 saturated carbocycles.